The monoisotopic (exact) mass is 335 g/mol. The van der Waals surface area contributed by atoms with Gasteiger partial charge in [-0.2, -0.15) is 0 Å². The molecule has 0 aliphatic heterocycles. The second kappa shape index (κ2) is 5.42. The molecule has 4 bridgehead atoms. The first-order valence-electron chi connectivity index (χ1n) is 9.46. The minimum atomic E-state index is 0.0580. The summed E-state index contributed by atoms with van der Waals surface area (Å²) in [5.74, 6) is 4.34. The number of aromatic hydroxyl groups is 1. The van der Waals surface area contributed by atoms with E-state index in [2.05, 4.69) is 24.3 Å². The minimum absolute atomic E-state index is 0.0580. The van der Waals surface area contributed by atoms with Gasteiger partial charge in [0.25, 0.3) is 0 Å². The number of phenols is 1. The topological polar surface area (TPSA) is 55.5 Å². The van der Waals surface area contributed by atoms with Gasteiger partial charge in [-0.1, -0.05) is 12.1 Å². The van der Waals surface area contributed by atoms with Crippen molar-refractivity contribution >= 4 is 5.69 Å². The van der Waals surface area contributed by atoms with E-state index in [1.54, 1.807) is 18.2 Å². The highest BCUT2D eigenvalue weighted by Crippen LogP contribution is 2.60. The van der Waals surface area contributed by atoms with Gasteiger partial charge in [-0.3, -0.25) is 0 Å². The number of benzene rings is 2. The largest absolute Gasteiger partial charge is 0.506 e. The van der Waals surface area contributed by atoms with Crippen LogP contribution in [0.2, 0.25) is 0 Å². The molecular weight excluding hydrogens is 310 g/mol. The van der Waals surface area contributed by atoms with Crippen molar-refractivity contribution in [1.82, 2.24) is 0 Å². The molecule has 25 heavy (non-hydrogen) atoms. The lowest BCUT2D eigenvalue weighted by atomic mass is 9.48. The zero-order valence-corrected chi connectivity index (χ0v) is 14.4. The number of phenolic OH excluding ortho intramolecular Hbond substituents is 1. The van der Waals surface area contributed by atoms with Crippen molar-refractivity contribution in [3.63, 3.8) is 0 Å². The van der Waals surface area contributed by atoms with Gasteiger partial charge in [0.2, 0.25) is 0 Å². The predicted molar refractivity (Wildman–Crippen MR) is 98.9 cm³/mol. The van der Waals surface area contributed by atoms with E-state index in [1.807, 2.05) is 0 Å². The molecule has 2 aromatic rings. The third-order valence-corrected chi connectivity index (χ3v) is 6.74. The van der Waals surface area contributed by atoms with E-state index < -0.39 is 0 Å². The lowest BCUT2D eigenvalue weighted by molar-refractivity contribution is -0.00519. The number of hydrogen-bond donors (Lipinski definition) is 2. The van der Waals surface area contributed by atoms with Gasteiger partial charge in [-0.15, -0.1) is 0 Å². The molecule has 6 rings (SSSR count). The zero-order valence-electron chi connectivity index (χ0n) is 14.4. The summed E-state index contributed by atoms with van der Waals surface area (Å²) >= 11 is 0. The van der Waals surface area contributed by atoms with Crippen LogP contribution in [0.5, 0.6) is 17.2 Å². The highest BCUT2D eigenvalue weighted by molar-refractivity contribution is 5.55. The predicted octanol–water partition coefficient (Wildman–Crippen LogP) is 5.23. The standard InChI is InChI=1S/C22H25NO2/c23-20-6-5-19(10-21(20)24)25-18-3-1-17(2-4-18)22-11-14-7-15(12-22)9-16(8-14)13-22/h1-6,10,14-16,24H,7-9,11-13,23H2. The molecule has 3 nitrogen and oxygen atoms in total. The fourth-order valence-electron chi connectivity index (χ4n) is 6.06. The molecular formula is C22H25NO2. The molecule has 0 spiro atoms. The highest BCUT2D eigenvalue weighted by Gasteiger charge is 2.51. The lowest BCUT2D eigenvalue weighted by Crippen LogP contribution is -2.48. The minimum Gasteiger partial charge on any atom is -0.506 e. The van der Waals surface area contributed by atoms with Gasteiger partial charge in [0.15, 0.2) is 0 Å². The molecule has 4 fully saturated rings. The Kier molecular flexibility index (Phi) is 3.28. The van der Waals surface area contributed by atoms with Crippen molar-refractivity contribution in [2.45, 2.75) is 43.9 Å². The molecule has 0 saturated heterocycles. The van der Waals surface area contributed by atoms with Crippen LogP contribution in [0.25, 0.3) is 0 Å². The highest BCUT2D eigenvalue weighted by atomic mass is 16.5. The molecule has 130 valence electrons. The van der Waals surface area contributed by atoms with E-state index in [4.69, 9.17) is 10.5 Å². The van der Waals surface area contributed by atoms with Crippen LogP contribution in [-0.4, -0.2) is 5.11 Å². The number of ether oxygens (including phenoxy) is 1. The average Bonchev–Trinajstić information content (AvgIpc) is 2.58. The summed E-state index contributed by atoms with van der Waals surface area (Å²) in [7, 11) is 0. The van der Waals surface area contributed by atoms with Crippen LogP contribution in [-0.2, 0) is 5.41 Å². The molecule has 0 aromatic heterocycles. The number of nitrogens with two attached hydrogens (primary N) is 1. The molecule has 2 aromatic carbocycles. The number of rotatable bonds is 3. The van der Waals surface area contributed by atoms with E-state index in [0.717, 1.165) is 23.5 Å². The van der Waals surface area contributed by atoms with E-state index >= 15 is 0 Å². The smallest absolute Gasteiger partial charge is 0.142 e. The van der Waals surface area contributed by atoms with E-state index in [-0.39, 0.29) is 5.75 Å². The van der Waals surface area contributed by atoms with E-state index in [0.29, 0.717) is 16.9 Å². The van der Waals surface area contributed by atoms with Crippen molar-refractivity contribution in [3.05, 3.63) is 48.0 Å². The Morgan fingerprint density at radius 2 is 1.40 bits per heavy atom. The Hall–Kier alpha value is -2.16. The van der Waals surface area contributed by atoms with Crippen molar-refractivity contribution < 1.29 is 9.84 Å². The zero-order chi connectivity index (χ0) is 17.0. The maximum absolute atomic E-state index is 9.71. The van der Waals surface area contributed by atoms with Crippen molar-refractivity contribution in [2.24, 2.45) is 17.8 Å². The quantitative estimate of drug-likeness (QED) is 0.596. The van der Waals surface area contributed by atoms with Gasteiger partial charge in [0.05, 0.1) is 5.69 Å². The molecule has 0 heterocycles. The summed E-state index contributed by atoms with van der Waals surface area (Å²) in [5, 5.41) is 9.71. The first-order valence-corrected chi connectivity index (χ1v) is 9.46. The summed E-state index contributed by atoms with van der Waals surface area (Å²) in [6.07, 6.45) is 8.56. The summed E-state index contributed by atoms with van der Waals surface area (Å²) in [4.78, 5) is 0. The van der Waals surface area contributed by atoms with Crippen LogP contribution in [0.1, 0.15) is 44.1 Å². The Morgan fingerprint density at radius 1 is 0.840 bits per heavy atom. The number of nitrogen functional groups attached to an aromatic ring is 1. The van der Waals surface area contributed by atoms with Crippen LogP contribution in [0.4, 0.5) is 5.69 Å². The third-order valence-electron chi connectivity index (χ3n) is 6.74. The lowest BCUT2D eigenvalue weighted by Gasteiger charge is -2.57. The molecule has 3 N–H and O–H groups in total. The van der Waals surface area contributed by atoms with Crippen LogP contribution in [0.15, 0.2) is 42.5 Å². The number of hydrogen-bond acceptors (Lipinski definition) is 3. The van der Waals surface area contributed by atoms with Crippen LogP contribution >= 0.6 is 0 Å². The van der Waals surface area contributed by atoms with Gasteiger partial charge in [0, 0.05) is 6.07 Å². The molecule has 4 saturated carbocycles. The second-order valence-electron chi connectivity index (χ2n) is 8.54. The van der Waals surface area contributed by atoms with Gasteiger partial charge in [-0.25, -0.2) is 0 Å². The number of anilines is 1. The third kappa shape index (κ3) is 2.57. The normalized spacial score (nSPS) is 32.7. The molecule has 4 aliphatic rings. The Labute approximate surface area is 148 Å². The summed E-state index contributed by atoms with van der Waals surface area (Å²) in [6, 6.07) is 13.7. The van der Waals surface area contributed by atoms with Crippen LogP contribution in [0.3, 0.4) is 0 Å². The van der Waals surface area contributed by atoms with Crippen LogP contribution < -0.4 is 10.5 Å². The van der Waals surface area contributed by atoms with Crippen molar-refractivity contribution in [3.8, 4) is 17.2 Å². The first kappa shape index (κ1) is 15.1. The fraction of sp³-hybridized carbons (Fsp3) is 0.455. The Balaban J connectivity index is 1.37. The molecule has 4 aliphatic carbocycles. The van der Waals surface area contributed by atoms with Gasteiger partial charge >= 0.3 is 0 Å². The molecule has 3 heteroatoms. The summed E-state index contributed by atoms with van der Waals surface area (Å²) in [6.45, 7) is 0. The van der Waals surface area contributed by atoms with E-state index in [1.165, 1.54) is 44.1 Å². The summed E-state index contributed by atoms with van der Waals surface area (Å²) in [5.41, 5.74) is 7.93. The van der Waals surface area contributed by atoms with E-state index in [9.17, 15) is 5.11 Å². The average molecular weight is 335 g/mol. The molecule has 0 amide bonds. The van der Waals surface area contributed by atoms with Gasteiger partial charge in [0.1, 0.15) is 17.2 Å². The van der Waals surface area contributed by atoms with Gasteiger partial charge < -0.3 is 15.6 Å². The summed E-state index contributed by atoms with van der Waals surface area (Å²) < 4.78 is 5.87. The Morgan fingerprint density at radius 3 is 1.96 bits per heavy atom. The van der Waals surface area contributed by atoms with Crippen LogP contribution in [0, 0.1) is 17.8 Å². The van der Waals surface area contributed by atoms with Crippen molar-refractivity contribution in [1.29, 1.82) is 0 Å². The fourth-order valence-corrected chi connectivity index (χ4v) is 6.06. The maximum atomic E-state index is 9.71. The van der Waals surface area contributed by atoms with Crippen molar-refractivity contribution in [2.75, 3.05) is 5.73 Å². The molecule has 0 atom stereocenters. The Bertz CT molecular complexity index is 761. The second-order valence-corrected chi connectivity index (χ2v) is 8.54. The molecule has 0 unspecified atom stereocenters. The van der Waals surface area contributed by atoms with Gasteiger partial charge in [-0.05, 0) is 91.5 Å². The SMILES string of the molecule is Nc1ccc(Oc2ccc(C34CC5CC(CC(C5)C3)C4)cc2)cc1O. The first-order chi connectivity index (χ1) is 12.1. The maximum Gasteiger partial charge on any atom is 0.142 e. The molecule has 0 radical (unpaired) electrons.